The first-order valence-electron chi connectivity index (χ1n) is 5.75. The van der Waals surface area contributed by atoms with Crippen molar-refractivity contribution in [3.8, 4) is 5.75 Å². The molecule has 0 amide bonds. The first kappa shape index (κ1) is 15.5. The third-order valence-electron chi connectivity index (χ3n) is 2.30. The molecule has 0 aromatic heterocycles. The average molecular weight is 331 g/mol. The summed E-state index contributed by atoms with van der Waals surface area (Å²) in [6.07, 6.45) is -0.999. The number of hydrogen-bond acceptors (Lipinski definition) is 5. The number of carbonyl (C=O) groups is 2. The Labute approximate surface area is 119 Å². The lowest BCUT2D eigenvalue weighted by atomic mass is 10.1. The lowest BCUT2D eigenvalue weighted by Gasteiger charge is -2.16. The Kier molecular flexibility index (Phi) is 5.82. The van der Waals surface area contributed by atoms with E-state index in [1.165, 1.54) is 13.0 Å². The maximum absolute atomic E-state index is 11.7. The molecule has 0 bridgehead atoms. The van der Waals surface area contributed by atoms with Gasteiger partial charge in [-0.25, -0.2) is 4.79 Å². The molecule has 1 aromatic carbocycles. The summed E-state index contributed by atoms with van der Waals surface area (Å²) in [4.78, 5) is 22.7. The summed E-state index contributed by atoms with van der Waals surface area (Å²) in [5.41, 5.74) is 0.494. The first-order chi connectivity index (χ1) is 8.93. The van der Waals surface area contributed by atoms with Crippen molar-refractivity contribution in [3.63, 3.8) is 0 Å². The predicted molar refractivity (Wildman–Crippen MR) is 71.7 cm³/mol. The molecule has 0 fully saturated rings. The van der Waals surface area contributed by atoms with Crippen molar-refractivity contribution in [1.29, 1.82) is 0 Å². The summed E-state index contributed by atoms with van der Waals surface area (Å²) in [7, 11) is 0. The fourth-order valence-corrected chi connectivity index (χ4v) is 1.93. The van der Waals surface area contributed by atoms with Gasteiger partial charge in [0, 0.05) is 17.8 Å². The minimum atomic E-state index is -1.06. The van der Waals surface area contributed by atoms with E-state index >= 15 is 0 Å². The van der Waals surface area contributed by atoms with Gasteiger partial charge < -0.3 is 14.6 Å². The van der Waals surface area contributed by atoms with Gasteiger partial charge in [0.1, 0.15) is 5.75 Å². The number of carbonyl (C=O) groups excluding carboxylic acids is 2. The van der Waals surface area contributed by atoms with Gasteiger partial charge in [0.2, 0.25) is 6.10 Å². The molecule has 0 spiro atoms. The summed E-state index contributed by atoms with van der Waals surface area (Å²) in [6, 6.07) is 4.82. The summed E-state index contributed by atoms with van der Waals surface area (Å²) < 4.78 is 10.5. The van der Waals surface area contributed by atoms with Crippen LogP contribution in [0.5, 0.6) is 5.75 Å². The molecule has 1 N–H and O–H groups in total. The fraction of sp³-hybridized carbons (Fsp3) is 0.385. The van der Waals surface area contributed by atoms with E-state index in [0.717, 1.165) is 4.47 Å². The summed E-state index contributed by atoms with van der Waals surface area (Å²) >= 11 is 3.27. The van der Waals surface area contributed by atoms with Gasteiger partial charge in [0.05, 0.1) is 6.61 Å². The topological polar surface area (TPSA) is 72.8 Å². The number of phenolic OH excluding ortho intramolecular Hbond substituents is 1. The SMILES string of the molecule is CCOC(=O)[C@@H](Cc1cc(Br)ccc1O)OC(C)=O. The van der Waals surface area contributed by atoms with Crippen LogP contribution in [0.4, 0.5) is 0 Å². The quantitative estimate of drug-likeness (QED) is 0.838. The molecule has 0 aliphatic rings. The molecule has 0 radical (unpaired) electrons. The molecule has 0 heterocycles. The summed E-state index contributed by atoms with van der Waals surface area (Å²) in [5.74, 6) is -1.17. The van der Waals surface area contributed by atoms with Gasteiger partial charge >= 0.3 is 11.9 Å². The molecule has 0 aliphatic heterocycles. The van der Waals surface area contributed by atoms with Gasteiger partial charge in [-0.1, -0.05) is 15.9 Å². The molecule has 1 atom stereocenters. The number of halogens is 1. The normalized spacial score (nSPS) is 11.7. The minimum absolute atomic E-state index is 0.0321. The number of aromatic hydroxyl groups is 1. The first-order valence-corrected chi connectivity index (χ1v) is 6.54. The maximum Gasteiger partial charge on any atom is 0.347 e. The second kappa shape index (κ2) is 7.13. The van der Waals surface area contributed by atoms with Crippen LogP contribution in [-0.2, 0) is 25.5 Å². The number of rotatable bonds is 5. The molecule has 5 nitrogen and oxygen atoms in total. The zero-order valence-electron chi connectivity index (χ0n) is 10.7. The van der Waals surface area contributed by atoms with Crippen LogP contribution in [0.3, 0.4) is 0 Å². The highest BCUT2D eigenvalue weighted by molar-refractivity contribution is 9.10. The number of hydrogen-bond donors (Lipinski definition) is 1. The highest BCUT2D eigenvalue weighted by atomic mass is 79.9. The highest BCUT2D eigenvalue weighted by Gasteiger charge is 2.24. The number of ether oxygens (including phenoxy) is 2. The van der Waals surface area contributed by atoms with Crippen LogP contribution < -0.4 is 0 Å². The second-order valence-corrected chi connectivity index (χ2v) is 4.74. The molecule has 1 rings (SSSR count). The minimum Gasteiger partial charge on any atom is -0.508 e. The Balaban J connectivity index is 2.89. The predicted octanol–water partition coefficient (Wildman–Crippen LogP) is 2.19. The molecular formula is C13H15BrO5. The highest BCUT2D eigenvalue weighted by Crippen LogP contribution is 2.24. The van der Waals surface area contributed by atoms with E-state index in [2.05, 4.69) is 15.9 Å². The monoisotopic (exact) mass is 330 g/mol. The summed E-state index contributed by atoms with van der Waals surface area (Å²) in [5, 5.41) is 9.72. The van der Waals surface area contributed by atoms with Gasteiger partial charge in [-0.05, 0) is 30.7 Å². The molecule has 19 heavy (non-hydrogen) atoms. The van der Waals surface area contributed by atoms with Gasteiger partial charge in [0.15, 0.2) is 0 Å². The maximum atomic E-state index is 11.7. The van der Waals surface area contributed by atoms with E-state index < -0.39 is 18.0 Å². The second-order valence-electron chi connectivity index (χ2n) is 3.83. The molecule has 0 saturated heterocycles. The Morgan fingerprint density at radius 2 is 2.11 bits per heavy atom. The zero-order chi connectivity index (χ0) is 14.4. The van der Waals surface area contributed by atoms with Gasteiger partial charge in [-0.3, -0.25) is 4.79 Å². The van der Waals surface area contributed by atoms with Crippen LogP contribution >= 0.6 is 15.9 Å². The van der Waals surface area contributed by atoms with Gasteiger partial charge in [-0.15, -0.1) is 0 Å². The summed E-state index contributed by atoms with van der Waals surface area (Å²) in [6.45, 7) is 3.08. The van der Waals surface area contributed by atoms with Crippen LogP contribution in [0.25, 0.3) is 0 Å². The number of esters is 2. The molecule has 6 heteroatoms. The largest absolute Gasteiger partial charge is 0.508 e. The Morgan fingerprint density at radius 1 is 1.42 bits per heavy atom. The van der Waals surface area contributed by atoms with E-state index in [-0.39, 0.29) is 18.8 Å². The number of phenols is 1. The van der Waals surface area contributed by atoms with Crippen LogP contribution in [0.1, 0.15) is 19.4 Å². The van der Waals surface area contributed by atoms with Crippen LogP contribution in [0, 0.1) is 0 Å². The third-order valence-corrected chi connectivity index (χ3v) is 2.80. The Hall–Kier alpha value is -1.56. The lowest BCUT2D eigenvalue weighted by molar-refractivity contribution is -0.166. The lowest BCUT2D eigenvalue weighted by Crippen LogP contribution is -2.30. The Bertz CT molecular complexity index is 472. The van der Waals surface area contributed by atoms with Crippen molar-refractivity contribution in [2.75, 3.05) is 6.61 Å². The molecule has 0 unspecified atom stereocenters. The fourth-order valence-electron chi connectivity index (χ4n) is 1.53. The van der Waals surface area contributed by atoms with Crippen LogP contribution in [0.2, 0.25) is 0 Å². The molecule has 1 aromatic rings. The van der Waals surface area contributed by atoms with Gasteiger partial charge in [0.25, 0.3) is 0 Å². The Morgan fingerprint density at radius 3 is 2.68 bits per heavy atom. The molecular weight excluding hydrogens is 316 g/mol. The smallest absolute Gasteiger partial charge is 0.347 e. The van der Waals surface area contributed by atoms with Crippen molar-refractivity contribution < 1.29 is 24.2 Å². The average Bonchev–Trinajstić information content (AvgIpc) is 2.32. The standard InChI is InChI=1S/C13H15BrO5/c1-3-18-13(17)12(19-8(2)15)7-9-6-10(14)4-5-11(9)16/h4-6,12,16H,3,7H2,1-2H3/t12-/m1/s1. The van der Waals surface area contributed by atoms with Crippen molar-refractivity contribution in [3.05, 3.63) is 28.2 Å². The van der Waals surface area contributed by atoms with E-state index in [0.29, 0.717) is 5.56 Å². The zero-order valence-corrected chi connectivity index (χ0v) is 12.3. The third kappa shape index (κ3) is 4.90. The molecule has 0 saturated carbocycles. The van der Waals surface area contributed by atoms with Crippen molar-refractivity contribution in [2.24, 2.45) is 0 Å². The van der Waals surface area contributed by atoms with Crippen LogP contribution in [-0.4, -0.2) is 29.8 Å². The number of benzene rings is 1. The van der Waals surface area contributed by atoms with Crippen LogP contribution in [0.15, 0.2) is 22.7 Å². The van der Waals surface area contributed by atoms with E-state index in [1.54, 1.807) is 19.1 Å². The molecule has 104 valence electrons. The van der Waals surface area contributed by atoms with E-state index in [9.17, 15) is 14.7 Å². The van der Waals surface area contributed by atoms with E-state index in [4.69, 9.17) is 9.47 Å². The van der Waals surface area contributed by atoms with E-state index in [1.807, 2.05) is 0 Å². The van der Waals surface area contributed by atoms with Crippen molar-refractivity contribution in [2.45, 2.75) is 26.4 Å². The van der Waals surface area contributed by atoms with Gasteiger partial charge in [-0.2, -0.15) is 0 Å². The van der Waals surface area contributed by atoms with Crippen molar-refractivity contribution >= 4 is 27.9 Å². The van der Waals surface area contributed by atoms with Crippen molar-refractivity contribution in [1.82, 2.24) is 0 Å². The molecule has 0 aliphatic carbocycles.